The molecule has 0 saturated carbocycles. The number of benzene rings is 1. The van der Waals surface area contributed by atoms with Gasteiger partial charge in [0.05, 0.1) is 14.2 Å². The van der Waals surface area contributed by atoms with Crippen LogP contribution in [-0.2, 0) is 0 Å². The van der Waals surface area contributed by atoms with E-state index in [2.05, 4.69) is 24.8 Å². The summed E-state index contributed by atoms with van der Waals surface area (Å²) >= 11 is 0. The van der Waals surface area contributed by atoms with Crippen LogP contribution in [0.4, 0.5) is 0 Å². The van der Waals surface area contributed by atoms with Crippen molar-refractivity contribution in [1.29, 1.82) is 0 Å². The summed E-state index contributed by atoms with van der Waals surface area (Å²) in [5.74, 6) is 2.57. The van der Waals surface area contributed by atoms with Crippen LogP contribution in [0.3, 0.4) is 0 Å². The number of nitrogens with zero attached hydrogens (tertiary/aromatic N) is 1. The molecule has 0 spiro atoms. The van der Waals surface area contributed by atoms with Crippen molar-refractivity contribution in [1.82, 2.24) is 4.90 Å². The van der Waals surface area contributed by atoms with Crippen molar-refractivity contribution in [3.8, 4) is 11.5 Å². The van der Waals surface area contributed by atoms with Gasteiger partial charge in [0, 0.05) is 18.2 Å². The first-order chi connectivity index (χ1) is 9.15. The maximum Gasteiger partial charge on any atom is 0.123 e. The molecule has 1 atom stereocenters. The number of hydrogen-bond donors (Lipinski definition) is 0. The van der Waals surface area contributed by atoms with E-state index in [4.69, 9.17) is 9.47 Å². The van der Waals surface area contributed by atoms with Crippen LogP contribution in [0.5, 0.6) is 11.5 Å². The van der Waals surface area contributed by atoms with Gasteiger partial charge >= 0.3 is 0 Å². The molecule has 1 aromatic rings. The van der Waals surface area contributed by atoms with Gasteiger partial charge in [0.25, 0.3) is 0 Å². The fraction of sp³-hybridized carbons (Fsp3) is 0.625. The standard InChI is InChI=1S/C16H25NO2/c1-12(2)11-17-9-5-6-15(17)14-10-13(18-3)7-8-16(14)19-4/h7-8,10,12,15H,5-6,9,11H2,1-4H3/t15-/m0/s1. The molecule has 1 heterocycles. The van der Waals surface area contributed by atoms with Crippen molar-refractivity contribution in [2.45, 2.75) is 32.7 Å². The van der Waals surface area contributed by atoms with Crippen molar-refractivity contribution >= 4 is 0 Å². The highest BCUT2D eigenvalue weighted by atomic mass is 16.5. The van der Waals surface area contributed by atoms with Crippen LogP contribution < -0.4 is 9.47 Å². The number of hydrogen-bond acceptors (Lipinski definition) is 3. The lowest BCUT2D eigenvalue weighted by Crippen LogP contribution is -2.27. The third kappa shape index (κ3) is 3.21. The van der Waals surface area contributed by atoms with Gasteiger partial charge in [-0.1, -0.05) is 13.8 Å². The molecule has 106 valence electrons. The Hall–Kier alpha value is -1.22. The summed E-state index contributed by atoms with van der Waals surface area (Å²) in [6.45, 7) is 6.88. The van der Waals surface area contributed by atoms with Gasteiger partial charge in [-0.05, 0) is 43.5 Å². The quantitative estimate of drug-likeness (QED) is 0.811. The van der Waals surface area contributed by atoms with Crippen molar-refractivity contribution < 1.29 is 9.47 Å². The first kappa shape index (κ1) is 14.2. The molecule has 1 aliphatic rings. The highest BCUT2D eigenvalue weighted by molar-refractivity contribution is 5.42. The zero-order valence-electron chi connectivity index (χ0n) is 12.5. The van der Waals surface area contributed by atoms with E-state index >= 15 is 0 Å². The molecule has 1 aliphatic heterocycles. The van der Waals surface area contributed by atoms with Crippen LogP contribution in [-0.4, -0.2) is 32.2 Å². The lowest BCUT2D eigenvalue weighted by molar-refractivity contribution is 0.224. The number of ether oxygens (including phenoxy) is 2. The molecule has 0 bridgehead atoms. The number of rotatable bonds is 5. The summed E-state index contributed by atoms with van der Waals surface area (Å²) in [6.07, 6.45) is 2.47. The molecule has 19 heavy (non-hydrogen) atoms. The van der Waals surface area contributed by atoms with Crippen LogP contribution in [0, 0.1) is 5.92 Å². The highest BCUT2D eigenvalue weighted by Crippen LogP contribution is 2.39. The van der Waals surface area contributed by atoms with Gasteiger partial charge in [0.2, 0.25) is 0 Å². The van der Waals surface area contributed by atoms with Crippen molar-refractivity contribution in [3.63, 3.8) is 0 Å². The molecule has 0 unspecified atom stereocenters. The van der Waals surface area contributed by atoms with Crippen LogP contribution in [0.1, 0.15) is 38.3 Å². The third-order valence-electron chi connectivity index (χ3n) is 3.76. The summed E-state index contributed by atoms with van der Waals surface area (Å²) in [5, 5.41) is 0. The normalized spacial score (nSPS) is 19.9. The van der Waals surface area contributed by atoms with E-state index < -0.39 is 0 Å². The lowest BCUT2D eigenvalue weighted by Gasteiger charge is -2.27. The minimum atomic E-state index is 0.465. The van der Waals surface area contributed by atoms with Crippen molar-refractivity contribution in [2.24, 2.45) is 5.92 Å². The van der Waals surface area contributed by atoms with E-state index in [-0.39, 0.29) is 0 Å². The van der Waals surface area contributed by atoms with Gasteiger partial charge in [-0.25, -0.2) is 0 Å². The van der Waals surface area contributed by atoms with E-state index in [9.17, 15) is 0 Å². The fourth-order valence-electron chi connectivity index (χ4n) is 2.97. The van der Waals surface area contributed by atoms with Gasteiger partial charge in [0.15, 0.2) is 0 Å². The molecular formula is C16H25NO2. The maximum atomic E-state index is 5.53. The topological polar surface area (TPSA) is 21.7 Å². The minimum Gasteiger partial charge on any atom is -0.497 e. The Balaban J connectivity index is 2.28. The summed E-state index contributed by atoms with van der Waals surface area (Å²) < 4.78 is 10.9. The molecule has 1 saturated heterocycles. The first-order valence-electron chi connectivity index (χ1n) is 7.11. The molecule has 0 radical (unpaired) electrons. The van der Waals surface area contributed by atoms with Gasteiger partial charge in [0.1, 0.15) is 11.5 Å². The number of methoxy groups -OCH3 is 2. The third-order valence-corrected chi connectivity index (χ3v) is 3.76. The Kier molecular flexibility index (Phi) is 4.70. The van der Waals surface area contributed by atoms with Crippen LogP contribution in [0.2, 0.25) is 0 Å². The van der Waals surface area contributed by atoms with Crippen LogP contribution in [0.25, 0.3) is 0 Å². The van der Waals surface area contributed by atoms with E-state index in [1.54, 1.807) is 14.2 Å². The Labute approximate surface area is 116 Å². The monoisotopic (exact) mass is 263 g/mol. The van der Waals surface area contributed by atoms with Crippen molar-refractivity contribution in [3.05, 3.63) is 23.8 Å². The van der Waals surface area contributed by atoms with Crippen LogP contribution >= 0.6 is 0 Å². The van der Waals surface area contributed by atoms with Crippen LogP contribution in [0.15, 0.2) is 18.2 Å². The minimum absolute atomic E-state index is 0.465. The molecule has 0 aromatic heterocycles. The zero-order valence-corrected chi connectivity index (χ0v) is 12.5. The van der Waals surface area contributed by atoms with Gasteiger partial charge in [-0.15, -0.1) is 0 Å². The predicted molar refractivity (Wildman–Crippen MR) is 77.9 cm³/mol. The molecule has 1 fully saturated rings. The second-order valence-electron chi connectivity index (χ2n) is 5.65. The average Bonchev–Trinajstić information content (AvgIpc) is 2.85. The predicted octanol–water partition coefficient (Wildman–Crippen LogP) is 3.50. The first-order valence-corrected chi connectivity index (χ1v) is 7.11. The van der Waals surface area contributed by atoms with Crippen molar-refractivity contribution in [2.75, 3.05) is 27.3 Å². The van der Waals surface area contributed by atoms with E-state index in [0.29, 0.717) is 12.0 Å². The molecule has 1 aromatic carbocycles. The Morgan fingerprint density at radius 1 is 1.26 bits per heavy atom. The summed E-state index contributed by atoms with van der Waals surface area (Å²) in [4.78, 5) is 2.57. The van der Waals surface area contributed by atoms with Gasteiger partial charge in [-0.3, -0.25) is 4.90 Å². The Bertz CT molecular complexity index is 417. The number of likely N-dealkylation sites (tertiary alicyclic amines) is 1. The Morgan fingerprint density at radius 2 is 2.05 bits per heavy atom. The SMILES string of the molecule is COc1ccc(OC)c([C@@H]2CCCN2CC(C)C)c1. The highest BCUT2D eigenvalue weighted by Gasteiger charge is 2.28. The fourth-order valence-corrected chi connectivity index (χ4v) is 2.97. The smallest absolute Gasteiger partial charge is 0.123 e. The molecule has 3 heteroatoms. The summed E-state index contributed by atoms with van der Waals surface area (Å²) in [7, 11) is 3.46. The van der Waals surface area contributed by atoms with E-state index in [1.807, 2.05) is 12.1 Å². The largest absolute Gasteiger partial charge is 0.497 e. The molecule has 2 rings (SSSR count). The maximum absolute atomic E-state index is 5.53. The molecule has 0 N–H and O–H groups in total. The lowest BCUT2D eigenvalue weighted by atomic mass is 10.0. The zero-order chi connectivity index (χ0) is 13.8. The summed E-state index contributed by atoms with van der Waals surface area (Å²) in [6, 6.07) is 6.57. The Morgan fingerprint density at radius 3 is 2.68 bits per heavy atom. The molecule has 3 nitrogen and oxygen atoms in total. The summed E-state index contributed by atoms with van der Waals surface area (Å²) in [5.41, 5.74) is 1.26. The molecule has 0 amide bonds. The second-order valence-corrected chi connectivity index (χ2v) is 5.65. The van der Waals surface area contributed by atoms with E-state index in [0.717, 1.165) is 18.0 Å². The molecule has 0 aliphatic carbocycles. The van der Waals surface area contributed by atoms with Gasteiger partial charge < -0.3 is 9.47 Å². The average molecular weight is 263 g/mol. The van der Waals surface area contributed by atoms with E-state index in [1.165, 1.54) is 24.9 Å². The van der Waals surface area contributed by atoms with Gasteiger partial charge in [-0.2, -0.15) is 0 Å². The molecular weight excluding hydrogens is 238 g/mol. The second kappa shape index (κ2) is 6.29.